The first kappa shape index (κ1) is 10.8. The molecule has 0 amide bonds. The number of aliphatic carboxylic acids is 1. The van der Waals surface area contributed by atoms with Gasteiger partial charge in [-0.1, -0.05) is 0 Å². The van der Waals surface area contributed by atoms with Crippen molar-refractivity contribution in [2.75, 3.05) is 5.73 Å². The summed E-state index contributed by atoms with van der Waals surface area (Å²) in [6.07, 6.45) is -0.895. The van der Waals surface area contributed by atoms with Crippen LogP contribution in [0.4, 0.5) is 5.69 Å². The normalized spacial score (nSPS) is 12.1. The summed E-state index contributed by atoms with van der Waals surface area (Å²) >= 11 is 3.23. The Hall–Kier alpha value is -1.23. The molecule has 5 heteroatoms. The third kappa shape index (κ3) is 2.63. The molecule has 76 valence electrons. The minimum atomic E-state index is -1.01. The Balaban J connectivity index is 2.85. The van der Waals surface area contributed by atoms with E-state index in [1.54, 1.807) is 18.2 Å². The zero-order valence-corrected chi connectivity index (χ0v) is 9.11. The van der Waals surface area contributed by atoms with Gasteiger partial charge in [-0.3, -0.25) is 0 Å². The fourth-order valence-electron chi connectivity index (χ4n) is 0.851. The number of carbonyl (C=O) groups is 1. The van der Waals surface area contributed by atoms with Crippen LogP contribution in [0.2, 0.25) is 0 Å². The summed E-state index contributed by atoms with van der Waals surface area (Å²) in [7, 11) is 0. The third-order valence-corrected chi connectivity index (χ3v) is 2.26. The maximum atomic E-state index is 10.5. The number of rotatable bonds is 3. The Kier molecular flexibility index (Phi) is 3.35. The molecule has 1 rings (SSSR count). The van der Waals surface area contributed by atoms with Crippen LogP contribution in [0, 0.1) is 0 Å². The predicted molar refractivity (Wildman–Crippen MR) is 56.3 cm³/mol. The van der Waals surface area contributed by atoms with Crippen molar-refractivity contribution in [1.82, 2.24) is 0 Å². The van der Waals surface area contributed by atoms with Gasteiger partial charge in [-0.15, -0.1) is 0 Å². The summed E-state index contributed by atoms with van der Waals surface area (Å²) < 4.78 is 5.84. The largest absolute Gasteiger partial charge is 0.479 e. The highest BCUT2D eigenvalue weighted by atomic mass is 79.9. The fraction of sp³-hybridized carbons (Fsp3) is 0.222. The van der Waals surface area contributed by atoms with E-state index in [0.29, 0.717) is 15.9 Å². The number of hydrogen-bond acceptors (Lipinski definition) is 3. The van der Waals surface area contributed by atoms with Crippen LogP contribution in [0.25, 0.3) is 0 Å². The van der Waals surface area contributed by atoms with E-state index in [9.17, 15) is 4.79 Å². The van der Waals surface area contributed by atoms with Crippen molar-refractivity contribution in [2.45, 2.75) is 13.0 Å². The fourth-order valence-corrected chi connectivity index (χ4v) is 1.19. The zero-order valence-electron chi connectivity index (χ0n) is 7.53. The maximum Gasteiger partial charge on any atom is 0.344 e. The van der Waals surface area contributed by atoms with Crippen molar-refractivity contribution in [3.05, 3.63) is 22.7 Å². The minimum absolute atomic E-state index is 0.430. The number of nitrogens with two attached hydrogens (primary N) is 1. The molecule has 3 N–H and O–H groups in total. The number of benzene rings is 1. The summed E-state index contributed by atoms with van der Waals surface area (Å²) in [6.45, 7) is 1.46. The molecule has 0 radical (unpaired) electrons. The van der Waals surface area contributed by atoms with Crippen molar-refractivity contribution < 1.29 is 14.6 Å². The highest BCUT2D eigenvalue weighted by molar-refractivity contribution is 9.10. The molecular weight excluding hydrogens is 250 g/mol. The van der Waals surface area contributed by atoms with Gasteiger partial charge in [0.2, 0.25) is 0 Å². The van der Waals surface area contributed by atoms with E-state index in [1.807, 2.05) is 0 Å². The van der Waals surface area contributed by atoms with Crippen molar-refractivity contribution in [2.24, 2.45) is 0 Å². The van der Waals surface area contributed by atoms with Crippen molar-refractivity contribution in [3.8, 4) is 5.75 Å². The van der Waals surface area contributed by atoms with Gasteiger partial charge in [0.15, 0.2) is 6.10 Å². The van der Waals surface area contributed by atoms with E-state index in [0.717, 1.165) is 0 Å². The van der Waals surface area contributed by atoms with Gasteiger partial charge >= 0.3 is 5.97 Å². The topological polar surface area (TPSA) is 72.5 Å². The average molecular weight is 260 g/mol. The molecule has 0 saturated carbocycles. The first-order valence-electron chi connectivity index (χ1n) is 3.95. The van der Waals surface area contributed by atoms with Crippen LogP contribution >= 0.6 is 15.9 Å². The lowest BCUT2D eigenvalue weighted by Crippen LogP contribution is -2.23. The van der Waals surface area contributed by atoms with Gasteiger partial charge in [0.1, 0.15) is 5.75 Å². The Morgan fingerprint density at radius 2 is 2.29 bits per heavy atom. The number of anilines is 1. The molecule has 1 unspecified atom stereocenters. The molecular formula is C9H10BrNO3. The molecule has 0 aliphatic rings. The summed E-state index contributed by atoms with van der Waals surface area (Å²) in [5.74, 6) is -0.584. The van der Waals surface area contributed by atoms with Gasteiger partial charge in [0.25, 0.3) is 0 Å². The lowest BCUT2D eigenvalue weighted by molar-refractivity contribution is -0.144. The lowest BCUT2D eigenvalue weighted by Gasteiger charge is -2.12. The molecule has 0 aliphatic heterocycles. The summed E-state index contributed by atoms with van der Waals surface area (Å²) in [6, 6.07) is 4.98. The quantitative estimate of drug-likeness (QED) is 0.814. The molecule has 0 aliphatic carbocycles. The number of carboxylic acid groups (broad SMARTS) is 1. The van der Waals surface area contributed by atoms with Gasteiger partial charge in [0.05, 0.1) is 4.47 Å². The summed E-state index contributed by atoms with van der Waals surface area (Å²) in [4.78, 5) is 10.5. The van der Waals surface area contributed by atoms with Crippen molar-refractivity contribution in [1.29, 1.82) is 0 Å². The molecule has 0 fully saturated rings. The molecule has 14 heavy (non-hydrogen) atoms. The predicted octanol–water partition coefficient (Wildman–Crippen LogP) is 1.88. The number of hydrogen-bond donors (Lipinski definition) is 2. The highest BCUT2D eigenvalue weighted by Gasteiger charge is 2.14. The Bertz CT molecular complexity index is 354. The van der Waals surface area contributed by atoms with Gasteiger partial charge in [-0.2, -0.15) is 0 Å². The van der Waals surface area contributed by atoms with Crippen LogP contribution in [0.15, 0.2) is 22.7 Å². The molecule has 0 aromatic heterocycles. The smallest absolute Gasteiger partial charge is 0.344 e. The summed E-state index contributed by atoms with van der Waals surface area (Å²) in [5.41, 5.74) is 6.06. The SMILES string of the molecule is CC(Oc1cc(N)ccc1Br)C(=O)O. The second-order valence-corrected chi connectivity index (χ2v) is 3.64. The molecule has 1 atom stereocenters. The maximum absolute atomic E-state index is 10.5. The monoisotopic (exact) mass is 259 g/mol. The minimum Gasteiger partial charge on any atom is -0.479 e. The standard InChI is InChI=1S/C9H10BrNO3/c1-5(9(12)13)14-8-4-6(11)2-3-7(8)10/h2-5H,11H2,1H3,(H,12,13). The van der Waals surface area contributed by atoms with Crippen LogP contribution in [-0.4, -0.2) is 17.2 Å². The summed E-state index contributed by atoms with van der Waals surface area (Å²) in [5, 5.41) is 8.63. The van der Waals surface area contributed by atoms with E-state index in [4.69, 9.17) is 15.6 Å². The Labute approximate surface area is 89.8 Å². The highest BCUT2D eigenvalue weighted by Crippen LogP contribution is 2.27. The zero-order chi connectivity index (χ0) is 10.7. The van der Waals surface area contributed by atoms with Gasteiger partial charge in [0, 0.05) is 11.8 Å². The number of ether oxygens (including phenoxy) is 1. The molecule has 1 aromatic carbocycles. The number of nitrogen functional groups attached to an aromatic ring is 1. The van der Waals surface area contributed by atoms with Crippen molar-refractivity contribution >= 4 is 27.6 Å². The molecule has 0 spiro atoms. The average Bonchev–Trinajstić information content (AvgIpc) is 2.11. The molecule has 0 bridgehead atoms. The van der Waals surface area contributed by atoms with Crippen LogP contribution in [0.1, 0.15) is 6.92 Å². The van der Waals surface area contributed by atoms with E-state index >= 15 is 0 Å². The lowest BCUT2D eigenvalue weighted by atomic mass is 10.3. The van der Waals surface area contributed by atoms with Gasteiger partial charge < -0.3 is 15.6 Å². The first-order chi connectivity index (χ1) is 6.50. The molecule has 4 nitrogen and oxygen atoms in total. The third-order valence-electron chi connectivity index (χ3n) is 1.61. The van der Waals surface area contributed by atoms with E-state index in [1.165, 1.54) is 6.92 Å². The van der Waals surface area contributed by atoms with E-state index in [-0.39, 0.29) is 0 Å². The van der Waals surface area contributed by atoms with E-state index < -0.39 is 12.1 Å². The first-order valence-corrected chi connectivity index (χ1v) is 4.74. The van der Waals surface area contributed by atoms with E-state index in [2.05, 4.69) is 15.9 Å². The van der Waals surface area contributed by atoms with Crippen LogP contribution in [0.3, 0.4) is 0 Å². The number of carboxylic acids is 1. The van der Waals surface area contributed by atoms with Gasteiger partial charge in [-0.05, 0) is 35.0 Å². The second kappa shape index (κ2) is 4.32. The van der Waals surface area contributed by atoms with Crippen molar-refractivity contribution in [3.63, 3.8) is 0 Å². The van der Waals surface area contributed by atoms with Crippen LogP contribution in [0.5, 0.6) is 5.75 Å². The van der Waals surface area contributed by atoms with Crippen LogP contribution < -0.4 is 10.5 Å². The molecule has 1 aromatic rings. The Morgan fingerprint density at radius 3 is 2.86 bits per heavy atom. The molecule has 0 saturated heterocycles. The molecule has 0 heterocycles. The second-order valence-electron chi connectivity index (χ2n) is 2.79. The number of halogens is 1. The van der Waals surface area contributed by atoms with Crippen LogP contribution in [-0.2, 0) is 4.79 Å². The van der Waals surface area contributed by atoms with Gasteiger partial charge in [-0.25, -0.2) is 4.79 Å². The Morgan fingerprint density at radius 1 is 1.64 bits per heavy atom.